The maximum atomic E-state index is 10.6. The van der Waals surface area contributed by atoms with Crippen LogP contribution in [0.3, 0.4) is 0 Å². The molecule has 1 fully saturated rings. The monoisotopic (exact) mass is 240 g/mol. The van der Waals surface area contributed by atoms with Gasteiger partial charge in [0.05, 0.1) is 18.9 Å². The van der Waals surface area contributed by atoms with Gasteiger partial charge in [0.15, 0.2) is 5.75 Å². The topological polar surface area (TPSA) is 56.5 Å². The summed E-state index contributed by atoms with van der Waals surface area (Å²) in [6, 6.07) is 0. The van der Waals surface area contributed by atoms with E-state index in [1.165, 1.54) is 0 Å². The van der Waals surface area contributed by atoms with Crippen LogP contribution in [0.1, 0.15) is 37.5 Å². The fourth-order valence-corrected chi connectivity index (χ4v) is 2.71. The Bertz CT molecular complexity index is 383. The number of aliphatic hydroxyl groups excluding tert-OH is 1. The van der Waals surface area contributed by atoms with Crippen LogP contribution in [0.2, 0.25) is 0 Å². The quantitative estimate of drug-likeness (QED) is 0.864. The predicted molar refractivity (Wildman–Crippen MR) is 62.9 cm³/mol. The van der Waals surface area contributed by atoms with E-state index in [0.717, 1.165) is 25.7 Å². The molecule has 1 aliphatic carbocycles. The van der Waals surface area contributed by atoms with E-state index in [9.17, 15) is 5.11 Å². The third kappa shape index (κ3) is 1.93. The minimum absolute atomic E-state index is 0.485. The number of rotatable bonds is 4. The summed E-state index contributed by atoms with van der Waals surface area (Å²) >= 11 is 0. The van der Waals surface area contributed by atoms with E-state index in [1.54, 1.807) is 32.1 Å². The number of ether oxygens (including phenoxy) is 2. The molecular formula is C12H20N2O3. The Morgan fingerprint density at radius 1 is 1.41 bits per heavy atom. The van der Waals surface area contributed by atoms with Gasteiger partial charge in [-0.25, -0.2) is 0 Å². The average molecular weight is 240 g/mol. The van der Waals surface area contributed by atoms with Crippen LogP contribution in [0.15, 0.2) is 6.20 Å². The van der Waals surface area contributed by atoms with Crippen molar-refractivity contribution in [2.75, 3.05) is 14.2 Å². The van der Waals surface area contributed by atoms with Gasteiger partial charge in [0.2, 0.25) is 0 Å². The van der Waals surface area contributed by atoms with Crippen molar-refractivity contribution in [2.45, 2.75) is 37.4 Å². The number of hydrogen-bond acceptors (Lipinski definition) is 4. The highest BCUT2D eigenvalue weighted by Crippen LogP contribution is 2.44. The number of aromatic nitrogens is 2. The van der Waals surface area contributed by atoms with Gasteiger partial charge in [0, 0.05) is 14.2 Å². The smallest absolute Gasteiger partial charge is 0.162 e. The summed E-state index contributed by atoms with van der Waals surface area (Å²) in [7, 11) is 5.05. The zero-order chi connectivity index (χ0) is 12.5. The molecule has 0 amide bonds. The molecule has 0 spiro atoms. The average Bonchev–Trinajstić information content (AvgIpc) is 2.95. The van der Waals surface area contributed by atoms with Crippen LogP contribution in [-0.4, -0.2) is 34.7 Å². The normalized spacial score (nSPS) is 20.5. The molecule has 0 radical (unpaired) electrons. The minimum Gasteiger partial charge on any atom is -0.493 e. The first kappa shape index (κ1) is 12.4. The van der Waals surface area contributed by atoms with Crippen molar-refractivity contribution >= 4 is 0 Å². The maximum absolute atomic E-state index is 10.6. The first-order valence-corrected chi connectivity index (χ1v) is 5.94. The van der Waals surface area contributed by atoms with Crippen LogP contribution in [-0.2, 0) is 11.8 Å². The molecule has 0 saturated heterocycles. The van der Waals surface area contributed by atoms with Crippen LogP contribution < -0.4 is 4.74 Å². The standard InChI is InChI=1S/C12H20N2O3/c1-14-10(9(16-2)8-13-14)11(15)12(17-3)6-4-5-7-12/h8,11,15H,4-7H2,1-3H3. The summed E-state index contributed by atoms with van der Waals surface area (Å²) < 4.78 is 12.5. The summed E-state index contributed by atoms with van der Waals surface area (Å²) in [5.74, 6) is 0.614. The fourth-order valence-electron chi connectivity index (χ4n) is 2.71. The number of methoxy groups -OCH3 is 2. The van der Waals surface area contributed by atoms with Gasteiger partial charge >= 0.3 is 0 Å². The van der Waals surface area contributed by atoms with Crippen molar-refractivity contribution in [1.82, 2.24) is 9.78 Å². The molecule has 0 bridgehead atoms. The van der Waals surface area contributed by atoms with E-state index < -0.39 is 11.7 Å². The fraction of sp³-hybridized carbons (Fsp3) is 0.750. The molecule has 0 aromatic carbocycles. The highest BCUT2D eigenvalue weighted by molar-refractivity contribution is 5.29. The molecule has 96 valence electrons. The Morgan fingerprint density at radius 2 is 2.06 bits per heavy atom. The van der Waals surface area contributed by atoms with Crippen LogP contribution in [0.4, 0.5) is 0 Å². The van der Waals surface area contributed by atoms with Crippen LogP contribution in [0.25, 0.3) is 0 Å². The minimum atomic E-state index is -0.697. The highest BCUT2D eigenvalue weighted by Gasteiger charge is 2.44. The number of nitrogens with zero attached hydrogens (tertiary/aromatic N) is 2. The van der Waals surface area contributed by atoms with E-state index in [2.05, 4.69) is 5.10 Å². The molecule has 5 heteroatoms. The van der Waals surface area contributed by atoms with Gasteiger partial charge in [-0.1, -0.05) is 12.8 Å². The van der Waals surface area contributed by atoms with Gasteiger partial charge in [0.25, 0.3) is 0 Å². The number of hydrogen-bond donors (Lipinski definition) is 1. The molecule has 17 heavy (non-hydrogen) atoms. The zero-order valence-corrected chi connectivity index (χ0v) is 10.6. The SMILES string of the molecule is COc1cnn(C)c1C(O)C1(OC)CCCC1. The second-order valence-corrected chi connectivity index (χ2v) is 4.60. The summed E-state index contributed by atoms with van der Waals surface area (Å²) in [4.78, 5) is 0. The molecule has 1 aromatic heterocycles. The van der Waals surface area contributed by atoms with Gasteiger partial charge < -0.3 is 14.6 Å². The Labute approximate surface area is 101 Å². The molecule has 0 aliphatic heterocycles. The summed E-state index contributed by atoms with van der Waals surface area (Å²) in [5.41, 5.74) is 0.206. The second kappa shape index (κ2) is 4.66. The molecule has 5 nitrogen and oxygen atoms in total. The molecule has 1 aliphatic rings. The lowest BCUT2D eigenvalue weighted by atomic mass is 9.92. The number of aryl methyl sites for hydroxylation is 1. The third-order valence-corrected chi connectivity index (χ3v) is 3.78. The first-order chi connectivity index (χ1) is 8.14. The Hall–Kier alpha value is -1.07. The Kier molecular flexibility index (Phi) is 3.40. The van der Waals surface area contributed by atoms with Crippen LogP contribution in [0, 0.1) is 0 Å². The van der Waals surface area contributed by atoms with Crippen molar-refractivity contribution in [3.8, 4) is 5.75 Å². The largest absolute Gasteiger partial charge is 0.493 e. The molecule has 1 atom stereocenters. The van der Waals surface area contributed by atoms with Crippen molar-refractivity contribution in [3.05, 3.63) is 11.9 Å². The number of aliphatic hydroxyl groups is 1. The van der Waals surface area contributed by atoms with Crippen molar-refractivity contribution in [3.63, 3.8) is 0 Å². The van der Waals surface area contributed by atoms with E-state index in [0.29, 0.717) is 11.4 Å². The van der Waals surface area contributed by atoms with Crippen molar-refractivity contribution in [1.29, 1.82) is 0 Å². The van der Waals surface area contributed by atoms with Crippen molar-refractivity contribution < 1.29 is 14.6 Å². The first-order valence-electron chi connectivity index (χ1n) is 5.94. The molecule has 1 saturated carbocycles. The molecule has 1 unspecified atom stereocenters. The lowest BCUT2D eigenvalue weighted by Crippen LogP contribution is -2.36. The van der Waals surface area contributed by atoms with Gasteiger partial charge in [-0.15, -0.1) is 0 Å². The van der Waals surface area contributed by atoms with Gasteiger partial charge in [-0.2, -0.15) is 5.10 Å². The van der Waals surface area contributed by atoms with E-state index >= 15 is 0 Å². The zero-order valence-electron chi connectivity index (χ0n) is 10.6. The van der Waals surface area contributed by atoms with Gasteiger partial charge in [-0.05, 0) is 12.8 Å². The summed E-state index contributed by atoms with van der Waals surface area (Å²) in [5, 5.41) is 14.7. The molecule has 2 rings (SSSR count). The summed E-state index contributed by atoms with van der Waals surface area (Å²) in [6.07, 6.45) is 4.85. The Morgan fingerprint density at radius 3 is 2.59 bits per heavy atom. The second-order valence-electron chi connectivity index (χ2n) is 4.60. The highest BCUT2D eigenvalue weighted by atomic mass is 16.5. The predicted octanol–water partition coefficient (Wildman–Crippen LogP) is 1.42. The van der Waals surface area contributed by atoms with Gasteiger partial charge in [0.1, 0.15) is 11.8 Å². The van der Waals surface area contributed by atoms with E-state index in [1.807, 2.05) is 0 Å². The molecule has 1 heterocycles. The Balaban J connectivity index is 2.35. The maximum Gasteiger partial charge on any atom is 0.162 e. The van der Waals surface area contributed by atoms with Crippen LogP contribution in [0.5, 0.6) is 5.75 Å². The third-order valence-electron chi connectivity index (χ3n) is 3.78. The summed E-state index contributed by atoms with van der Waals surface area (Å²) in [6.45, 7) is 0. The van der Waals surface area contributed by atoms with E-state index in [-0.39, 0.29) is 0 Å². The molecule has 1 N–H and O–H groups in total. The van der Waals surface area contributed by atoms with E-state index in [4.69, 9.17) is 9.47 Å². The lowest BCUT2D eigenvalue weighted by molar-refractivity contribution is -0.103. The van der Waals surface area contributed by atoms with Gasteiger partial charge in [-0.3, -0.25) is 4.68 Å². The molecular weight excluding hydrogens is 220 g/mol. The van der Waals surface area contributed by atoms with Crippen LogP contribution >= 0.6 is 0 Å². The van der Waals surface area contributed by atoms with Crippen molar-refractivity contribution in [2.24, 2.45) is 7.05 Å². The lowest BCUT2D eigenvalue weighted by Gasteiger charge is -2.33. The molecule has 1 aromatic rings.